The van der Waals surface area contributed by atoms with Gasteiger partial charge in [-0.25, -0.2) is 0 Å². The van der Waals surface area contributed by atoms with Crippen LogP contribution in [0.4, 0.5) is 5.69 Å². The van der Waals surface area contributed by atoms with Crippen LogP contribution in [0.15, 0.2) is 30.3 Å². The molecule has 0 N–H and O–H groups in total. The molecule has 1 saturated carbocycles. The fraction of sp³-hybridized carbons (Fsp3) is 0.500. The SMILES string of the molecule is O=C(C1CC1)C1CCCN1c1ccccc1. The lowest BCUT2D eigenvalue weighted by Gasteiger charge is -2.25. The van der Waals surface area contributed by atoms with Gasteiger partial charge < -0.3 is 4.90 Å². The summed E-state index contributed by atoms with van der Waals surface area (Å²) in [5, 5.41) is 0. The zero-order chi connectivity index (χ0) is 11.0. The molecule has 3 rings (SSSR count). The molecule has 1 aromatic carbocycles. The average molecular weight is 215 g/mol. The van der Waals surface area contributed by atoms with Crippen molar-refractivity contribution in [3.05, 3.63) is 30.3 Å². The highest BCUT2D eigenvalue weighted by molar-refractivity contribution is 5.91. The predicted molar refractivity (Wildman–Crippen MR) is 64.5 cm³/mol. The number of carbonyl (C=O) groups is 1. The van der Waals surface area contributed by atoms with Crippen molar-refractivity contribution in [2.75, 3.05) is 11.4 Å². The Bertz CT molecular complexity index is 383. The Hall–Kier alpha value is -1.31. The largest absolute Gasteiger partial charge is 0.361 e. The maximum absolute atomic E-state index is 12.1. The summed E-state index contributed by atoms with van der Waals surface area (Å²) >= 11 is 0. The summed E-state index contributed by atoms with van der Waals surface area (Å²) in [5.74, 6) is 0.871. The quantitative estimate of drug-likeness (QED) is 0.772. The number of anilines is 1. The number of para-hydroxylation sites is 1. The molecular formula is C14H17NO. The van der Waals surface area contributed by atoms with Crippen molar-refractivity contribution in [2.45, 2.75) is 31.7 Å². The van der Waals surface area contributed by atoms with Crippen molar-refractivity contribution >= 4 is 11.5 Å². The first kappa shape index (κ1) is 9.88. The average Bonchev–Trinajstić information content (AvgIpc) is 3.06. The molecule has 84 valence electrons. The van der Waals surface area contributed by atoms with Crippen LogP contribution in [0.5, 0.6) is 0 Å². The Morgan fingerprint density at radius 2 is 1.88 bits per heavy atom. The second-order valence-corrected chi connectivity index (χ2v) is 4.86. The first-order valence-corrected chi connectivity index (χ1v) is 6.21. The van der Waals surface area contributed by atoms with Crippen molar-refractivity contribution in [3.63, 3.8) is 0 Å². The molecule has 0 amide bonds. The van der Waals surface area contributed by atoms with Crippen molar-refractivity contribution in [3.8, 4) is 0 Å². The second-order valence-electron chi connectivity index (χ2n) is 4.86. The number of ketones is 1. The second kappa shape index (κ2) is 3.93. The van der Waals surface area contributed by atoms with Crippen molar-refractivity contribution in [2.24, 2.45) is 5.92 Å². The molecule has 1 aliphatic carbocycles. The minimum absolute atomic E-state index is 0.162. The fourth-order valence-corrected chi connectivity index (χ4v) is 2.63. The molecule has 2 heteroatoms. The van der Waals surface area contributed by atoms with E-state index < -0.39 is 0 Å². The lowest BCUT2D eigenvalue weighted by atomic mass is 10.1. The van der Waals surface area contributed by atoms with E-state index in [9.17, 15) is 4.79 Å². The highest BCUT2D eigenvalue weighted by Crippen LogP contribution is 2.36. The van der Waals surface area contributed by atoms with Crippen molar-refractivity contribution < 1.29 is 4.79 Å². The first-order valence-electron chi connectivity index (χ1n) is 6.21. The van der Waals surface area contributed by atoms with E-state index in [2.05, 4.69) is 17.0 Å². The molecule has 2 fully saturated rings. The Morgan fingerprint density at radius 1 is 1.12 bits per heavy atom. The van der Waals surface area contributed by atoms with Gasteiger partial charge in [0, 0.05) is 18.2 Å². The van der Waals surface area contributed by atoms with E-state index in [0.29, 0.717) is 11.7 Å². The topological polar surface area (TPSA) is 20.3 Å². The van der Waals surface area contributed by atoms with Crippen LogP contribution in [0.2, 0.25) is 0 Å². The smallest absolute Gasteiger partial charge is 0.158 e. The van der Waals surface area contributed by atoms with E-state index in [0.717, 1.165) is 32.2 Å². The summed E-state index contributed by atoms with van der Waals surface area (Å²) in [6.45, 7) is 1.03. The summed E-state index contributed by atoms with van der Waals surface area (Å²) in [6, 6.07) is 10.5. The Kier molecular flexibility index (Phi) is 2.43. The summed E-state index contributed by atoms with van der Waals surface area (Å²) in [4.78, 5) is 14.4. The normalized spacial score (nSPS) is 24.8. The van der Waals surface area contributed by atoms with Gasteiger partial charge in [-0.1, -0.05) is 18.2 Å². The summed E-state index contributed by atoms with van der Waals surface area (Å²) in [5.41, 5.74) is 1.21. The third-order valence-corrected chi connectivity index (χ3v) is 3.65. The van der Waals surface area contributed by atoms with E-state index in [4.69, 9.17) is 0 Å². The van der Waals surface area contributed by atoms with Crippen LogP contribution >= 0.6 is 0 Å². The standard InChI is InChI=1S/C14H17NO/c16-14(11-8-9-11)13-7-4-10-15(13)12-5-2-1-3-6-12/h1-3,5-6,11,13H,4,7-10H2. The van der Waals surface area contributed by atoms with Gasteiger partial charge in [-0.3, -0.25) is 4.79 Å². The molecule has 0 radical (unpaired) electrons. The molecule has 1 heterocycles. The van der Waals surface area contributed by atoms with Crippen LogP contribution in [0.25, 0.3) is 0 Å². The summed E-state index contributed by atoms with van der Waals surface area (Å²) in [6.07, 6.45) is 4.44. The van der Waals surface area contributed by atoms with Gasteiger partial charge in [-0.05, 0) is 37.8 Å². The van der Waals surface area contributed by atoms with Gasteiger partial charge in [0.05, 0.1) is 6.04 Å². The third-order valence-electron chi connectivity index (χ3n) is 3.65. The van der Waals surface area contributed by atoms with Crippen LogP contribution in [-0.4, -0.2) is 18.4 Å². The molecular weight excluding hydrogens is 198 g/mol. The number of nitrogens with zero attached hydrogens (tertiary/aromatic N) is 1. The minimum Gasteiger partial charge on any atom is -0.361 e. The van der Waals surface area contributed by atoms with Gasteiger partial charge >= 0.3 is 0 Å². The summed E-state index contributed by atoms with van der Waals surface area (Å²) in [7, 11) is 0. The Labute approximate surface area is 96.3 Å². The molecule has 1 saturated heterocycles. The van der Waals surface area contributed by atoms with Gasteiger partial charge in [0.25, 0.3) is 0 Å². The molecule has 1 aromatic rings. The molecule has 1 aliphatic heterocycles. The number of hydrogen-bond acceptors (Lipinski definition) is 2. The van der Waals surface area contributed by atoms with E-state index in [-0.39, 0.29) is 6.04 Å². The maximum Gasteiger partial charge on any atom is 0.158 e. The fourth-order valence-electron chi connectivity index (χ4n) is 2.63. The highest BCUT2D eigenvalue weighted by atomic mass is 16.1. The minimum atomic E-state index is 0.162. The predicted octanol–water partition coefficient (Wildman–Crippen LogP) is 2.63. The molecule has 2 nitrogen and oxygen atoms in total. The van der Waals surface area contributed by atoms with Crippen molar-refractivity contribution in [1.29, 1.82) is 0 Å². The van der Waals surface area contributed by atoms with Crippen LogP contribution < -0.4 is 4.90 Å². The monoisotopic (exact) mass is 215 g/mol. The van der Waals surface area contributed by atoms with Gasteiger partial charge in [0.15, 0.2) is 5.78 Å². The molecule has 1 unspecified atom stereocenters. The lowest BCUT2D eigenvalue weighted by molar-refractivity contribution is -0.121. The Balaban J connectivity index is 1.81. The number of hydrogen-bond donors (Lipinski definition) is 0. The van der Waals surface area contributed by atoms with Gasteiger partial charge in [-0.15, -0.1) is 0 Å². The molecule has 0 spiro atoms. The lowest BCUT2D eigenvalue weighted by Crippen LogP contribution is -2.36. The van der Waals surface area contributed by atoms with Crippen LogP contribution in [0, 0.1) is 5.92 Å². The molecule has 16 heavy (non-hydrogen) atoms. The van der Waals surface area contributed by atoms with Gasteiger partial charge in [-0.2, -0.15) is 0 Å². The summed E-state index contributed by atoms with van der Waals surface area (Å²) < 4.78 is 0. The molecule has 1 atom stereocenters. The van der Waals surface area contributed by atoms with Crippen LogP contribution in [0.1, 0.15) is 25.7 Å². The van der Waals surface area contributed by atoms with E-state index >= 15 is 0 Å². The number of carbonyl (C=O) groups excluding carboxylic acids is 1. The third kappa shape index (κ3) is 1.73. The van der Waals surface area contributed by atoms with Gasteiger partial charge in [0.2, 0.25) is 0 Å². The van der Waals surface area contributed by atoms with E-state index in [1.165, 1.54) is 5.69 Å². The van der Waals surface area contributed by atoms with Gasteiger partial charge in [0.1, 0.15) is 0 Å². The van der Waals surface area contributed by atoms with E-state index in [1.54, 1.807) is 0 Å². The van der Waals surface area contributed by atoms with E-state index in [1.807, 2.05) is 18.2 Å². The van der Waals surface area contributed by atoms with Crippen LogP contribution in [0.3, 0.4) is 0 Å². The van der Waals surface area contributed by atoms with Crippen LogP contribution in [-0.2, 0) is 4.79 Å². The maximum atomic E-state index is 12.1. The zero-order valence-electron chi connectivity index (χ0n) is 9.43. The Morgan fingerprint density at radius 3 is 2.56 bits per heavy atom. The number of benzene rings is 1. The number of rotatable bonds is 3. The van der Waals surface area contributed by atoms with Crippen molar-refractivity contribution in [1.82, 2.24) is 0 Å². The zero-order valence-corrected chi connectivity index (χ0v) is 9.43. The molecule has 0 aromatic heterocycles. The highest BCUT2D eigenvalue weighted by Gasteiger charge is 2.39. The molecule has 0 bridgehead atoms. The first-order chi connectivity index (χ1) is 7.86. The number of Topliss-reactive ketones (excluding diaryl/α,β-unsaturated/α-hetero) is 1. The molecule has 2 aliphatic rings.